The second-order valence-corrected chi connectivity index (χ2v) is 14.5. The zero-order chi connectivity index (χ0) is 25.8. The summed E-state index contributed by atoms with van der Waals surface area (Å²) in [4.78, 5) is 15.2. The summed E-state index contributed by atoms with van der Waals surface area (Å²) in [6.45, 7) is 18.6. The maximum absolute atomic E-state index is 12.5. The van der Waals surface area contributed by atoms with E-state index in [1.54, 1.807) is 6.92 Å². The van der Waals surface area contributed by atoms with Gasteiger partial charge in [0.2, 0.25) is 0 Å². The Hall–Kier alpha value is -0.910. The molecule has 2 aliphatic heterocycles. The number of ether oxygens (including phenoxy) is 2. The van der Waals surface area contributed by atoms with Crippen LogP contribution in [-0.4, -0.2) is 79.5 Å². The molecule has 5 nitrogen and oxygen atoms in total. The van der Waals surface area contributed by atoms with Crippen LogP contribution in [-0.2, 0) is 14.3 Å². The summed E-state index contributed by atoms with van der Waals surface area (Å²) in [6, 6.07) is 1.18. The normalized spacial score (nSPS) is 47.5. The summed E-state index contributed by atoms with van der Waals surface area (Å²) in [5.74, 6) is 3.12. The SMILES string of the molecule is C=CC[N+]1([C@H]2CC3[C@@H]4CCC5CC[C@@H](N6CCOCC6)C[C@]5(C)C4CC[C@]3(C)[C@H]2OC(C)=O)CCCC1. The van der Waals surface area contributed by atoms with Gasteiger partial charge in [0.15, 0.2) is 6.10 Å². The van der Waals surface area contributed by atoms with E-state index < -0.39 is 0 Å². The van der Waals surface area contributed by atoms with Crippen molar-refractivity contribution in [2.45, 2.75) is 103 Å². The van der Waals surface area contributed by atoms with Crippen LogP contribution in [0.3, 0.4) is 0 Å². The standard InChI is InChI=1S/C32H53N2O3/c1-5-16-34(17-6-7-18-34)29-21-28-26-11-9-24-8-10-25(33-14-19-36-20-15-33)22-32(24,4)27(26)12-13-31(28,3)30(29)37-23(2)35/h5,24-30H,1,6-22H2,2-4H3/q+1/t24?,25-,26-,27?,28?,29+,30+,31+,32+/m1/s1. The van der Waals surface area contributed by atoms with E-state index in [1.807, 2.05) is 0 Å². The van der Waals surface area contributed by atoms with E-state index >= 15 is 0 Å². The van der Waals surface area contributed by atoms with Gasteiger partial charge in [-0.1, -0.05) is 20.4 Å². The van der Waals surface area contributed by atoms with E-state index in [0.717, 1.165) is 61.1 Å². The van der Waals surface area contributed by atoms with Crippen molar-refractivity contribution < 1.29 is 18.8 Å². The van der Waals surface area contributed by atoms with Crippen LogP contribution in [0.1, 0.15) is 85.0 Å². The van der Waals surface area contributed by atoms with Crippen LogP contribution in [0, 0.1) is 34.5 Å². The number of quaternary nitrogens is 1. The Morgan fingerprint density at radius 1 is 1.05 bits per heavy atom. The van der Waals surface area contributed by atoms with Crippen molar-refractivity contribution in [3.05, 3.63) is 12.7 Å². The summed E-state index contributed by atoms with van der Waals surface area (Å²) in [5.41, 5.74) is 0.579. The molecule has 0 spiro atoms. The van der Waals surface area contributed by atoms with Crippen molar-refractivity contribution in [2.24, 2.45) is 34.5 Å². The Bertz CT molecular complexity index is 864. The minimum absolute atomic E-state index is 0.0620. The molecular formula is C32H53N2O3+. The molecule has 2 saturated heterocycles. The summed E-state index contributed by atoms with van der Waals surface area (Å²) < 4.78 is 13.2. The molecular weight excluding hydrogens is 460 g/mol. The molecule has 2 heterocycles. The minimum atomic E-state index is -0.0775. The Kier molecular flexibility index (Phi) is 7.06. The summed E-state index contributed by atoms with van der Waals surface area (Å²) in [5, 5.41) is 0. The molecule has 6 rings (SSSR count). The van der Waals surface area contributed by atoms with Crippen LogP contribution in [0.25, 0.3) is 0 Å². The number of morpholine rings is 1. The quantitative estimate of drug-likeness (QED) is 0.279. The van der Waals surface area contributed by atoms with Gasteiger partial charge in [0.05, 0.1) is 32.8 Å². The molecule has 0 aromatic heterocycles. The second kappa shape index (κ2) is 9.93. The van der Waals surface area contributed by atoms with Gasteiger partial charge in [-0.2, -0.15) is 0 Å². The first-order valence-electron chi connectivity index (χ1n) is 15.8. The fraction of sp³-hybridized carbons (Fsp3) is 0.906. The smallest absolute Gasteiger partial charge is 0.303 e. The van der Waals surface area contributed by atoms with Crippen molar-refractivity contribution in [2.75, 3.05) is 45.9 Å². The molecule has 9 atom stereocenters. The molecule has 208 valence electrons. The zero-order valence-corrected chi connectivity index (χ0v) is 24.0. The van der Waals surface area contributed by atoms with E-state index in [1.165, 1.54) is 77.3 Å². The summed E-state index contributed by atoms with van der Waals surface area (Å²) in [6.07, 6.45) is 15.6. The predicted molar refractivity (Wildman–Crippen MR) is 147 cm³/mol. The lowest BCUT2D eigenvalue weighted by molar-refractivity contribution is -0.937. The van der Waals surface area contributed by atoms with Gasteiger partial charge < -0.3 is 14.0 Å². The monoisotopic (exact) mass is 513 g/mol. The average molecular weight is 514 g/mol. The average Bonchev–Trinajstić information content (AvgIpc) is 3.47. The zero-order valence-electron chi connectivity index (χ0n) is 24.0. The first-order valence-corrected chi connectivity index (χ1v) is 15.8. The number of likely N-dealkylation sites (tertiary alicyclic amines) is 1. The van der Waals surface area contributed by atoms with Gasteiger partial charge in [0, 0.05) is 50.7 Å². The van der Waals surface area contributed by atoms with E-state index in [4.69, 9.17) is 9.47 Å². The lowest BCUT2D eigenvalue weighted by Gasteiger charge is -2.61. The third-order valence-electron chi connectivity index (χ3n) is 13.0. The van der Waals surface area contributed by atoms with Gasteiger partial charge in [0.1, 0.15) is 6.04 Å². The molecule has 3 unspecified atom stereocenters. The fourth-order valence-electron chi connectivity index (χ4n) is 11.3. The van der Waals surface area contributed by atoms with E-state index in [2.05, 4.69) is 31.4 Å². The lowest BCUT2D eigenvalue weighted by atomic mass is 9.45. The number of carbonyl (C=O) groups is 1. The highest BCUT2D eigenvalue weighted by molar-refractivity contribution is 5.66. The number of fused-ring (bicyclic) bond motifs is 5. The number of carbonyl (C=O) groups excluding carboxylic acids is 1. The van der Waals surface area contributed by atoms with Crippen molar-refractivity contribution in [3.8, 4) is 0 Å². The minimum Gasteiger partial charge on any atom is -0.456 e. The number of hydrogen-bond acceptors (Lipinski definition) is 4. The largest absolute Gasteiger partial charge is 0.456 e. The van der Waals surface area contributed by atoms with Crippen molar-refractivity contribution in [3.63, 3.8) is 0 Å². The number of esters is 1. The van der Waals surface area contributed by atoms with Gasteiger partial charge in [-0.3, -0.25) is 9.69 Å². The summed E-state index contributed by atoms with van der Waals surface area (Å²) in [7, 11) is 0. The van der Waals surface area contributed by atoms with Crippen LogP contribution in [0.5, 0.6) is 0 Å². The lowest BCUT2D eigenvalue weighted by Crippen LogP contribution is -2.59. The molecule has 0 N–H and O–H groups in total. The van der Waals surface area contributed by atoms with Crippen molar-refractivity contribution in [1.29, 1.82) is 0 Å². The molecule has 6 fully saturated rings. The summed E-state index contributed by atoms with van der Waals surface area (Å²) >= 11 is 0. The molecule has 4 aliphatic carbocycles. The first-order chi connectivity index (χ1) is 17.8. The highest BCUT2D eigenvalue weighted by atomic mass is 16.5. The van der Waals surface area contributed by atoms with Crippen LogP contribution in [0.2, 0.25) is 0 Å². The highest BCUT2D eigenvalue weighted by Crippen LogP contribution is 2.67. The van der Waals surface area contributed by atoms with Gasteiger partial charge in [-0.15, -0.1) is 0 Å². The Balaban J connectivity index is 1.29. The van der Waals surface area contributed by atoms with E-state index in [0.29, 0.717) is 17.4 Å². The van der Waals surface area contributed by atoms with Crippen LogP contribution in [0.4, 0.5) is 0 Å². The first kappa shape index (κ1) is 26.3. The number of nitrogens with zero attached hydrogens (tertiary/aromatic N) is 2. The molecule has 5 heteroatoms. The third-order valence-corrected chi connectivity index (χ3v) is 13.0. The Morgan fingerprint density at radius 2 is 1.78 bits per heavy atom. The molecule has 0 amide bonds. The Labute approximate surface area is 225 Å². The predicted octanol–water partition coefficient (Wildman–Crippen LogP) is 5.44. The van der Waals surface area contributed by atoms with Gasteiger partial charge in [-0.05, 0) is 80.1 Å². The Morgan fingerprint density at radius 3 is 2.49 bits per heavy atom. The molecule has 4 saturated carbocycles. The molecule has 37 heavy (non-hydrogen) atoms. The maximum Gasteiger partial charge on any atom is 0.303 e. The molecule has 0 radical (unpaired) electrons. The highest BCUT2D eigenvalue weighted by Gasteiger charge is 2.67. The number of hydrogen-bond donors (Lipinski definition) is 0. The van der Waals surface area contributed by atoms with Gasteiger partial charge in [-0.25, -0.2) is 0 Å². The third kappa shape index (κ3) is 4.25. The van der Waals surface area contributed by atoms with Crippen molar-refractivity contribution >= 4 is 5.97 Å². The van der Waals surface area contributed by atoms with Gasteiger partial charge >= 0.3 is 5.97 Å². The molecule has 0 aromatic carbocycles. The van der Waals surface area contributed by atoms with Gasteiger partial charge in [0.25, 0.3) is 0 Å². The molecule has 0 aromatic rings. The van der Waals surface area contributed by atoms with Crippen LogP contribution >= 0.6 is 0 Å². The maximum atomic E-state index is 12.5. The fourth-order valence-corrected chi connectivity index (χ4v) is 11.3. The van der Waals surface area contributed by atoms with E-state index in [-0.39, 0.29) is 17.5 Å². The molecule has 0 bridgehead atoms. The van der Waals surface area contributed by atoms with E-state index in [9.17, 15) is 4.79 Å². The van der Waals surface area contributed by atoms with Crippen LogP contribution < -0.4 is 0 Å². The second-order valence-electron chi connectivity index (χ2n) is 14.5. The van der Waals surface area contributed by atoms with Crippen molar-refractivity contribution in [1.82, 2.24) is 4.90 Å². The molecule has 6 aliphatic rings. The van der Waals surface area contributed by atoms with Crippen LogP contribution in [0.15, 0.2) is 12.7 Å². The topological polar surface area (TPSA) is 38.8 Å². The number of rotatable bonds is 5.